The molecule has 0 amide bonds. The molecule has 0 bridgehead atoms. The molecule has 0 unspecified atom stereocenters. The Balaban J connectivity index is -0.0000000161. The summed E-state index contributed by atoms with van der Waals surface area (Å²) in [4.78, 5) is 45.0. The van der Waals surface area contributed by atoms with E-state index in [0.717, 1.165) is 34.6 Å². The van der Waals surface area contributed by atoms with E-state index in [4.69, 9.17) is 49.5 Å². The Kier molecular flexibility index (Phi) is 116. The predicted octanol–water partition coefficient (Wildman–Crippen LogP) is 0.445. The maximum Gasteiger partial charge on any atom is 0.300 e. The average molecular weight is 726 g/mol. The standard InChI is InChI=1S/5C2H4O2.4Pd/c5*1-2(3)4;;;;/h5*1H3,(H,3,4);;;;. The van der Waals surface area contributed by atoms with Crippen LogP contribution in [0.2, 0.25) is 0 Å². The summed E-state index contributed by atoms with van der Waals surface area (Å²) in [7, 11) is 0. The zero-order valence-electron chi connectivity index (χ0n) is 13.0. The second-order valence-electron chi connectivity index (χ2n) is 2.60. The molecular weight excluding hydrogens is 706 g/mol. The molecule has 0 saturated carbocycles. The quantitative estimate of drug-likeness (QED) is 0.220. The van der Waals surface area contributed by atoms with Crippen molar-refractivity contribution in [3.63, 3.8) is 0 Å². The summed E-state index contributed by atoms with van der Waals surface area (Å²) in [6, 6.07) is 0. The third-order valence-electron chi connectivity index (χ3n) is 0. The van der Waals surface area contributed by atoms with Gasteiger partial charge in [-0.15, -0.1) is 0 Å². The summed E-state index contributed by atoms with van der Waals surface area (Å²) in [5.74, 6) is -4.17. The molecule has 24 heavy (non-hydrogen) atoms. The maximum atomic E-state index is 9.00. The third kappa shape index (κ3) is 23000000000. The predicted molar refractivity (Wildman–Crippen MR) is 66.5 cm³/mol. The fourth-order valence-electron chi connectivity index (χ4n) is 0. The van der Waals surface area contributed by atoms with Gasteiger partial charge in [-0.25, -0.2) is 0 Å². The van der Waals surface area contributed by atoms with Crippen molar-refractivity contribution >= 4 is 29.8 Å². The van der Waals surface area contributed by atoms with Gasteiger partial charge in [0.25, 0.3) is 29.8 Å². The van der Waals surface area contributed by atoms with Crippen LogP contribution in [0.4, 0.5) is 0 Å². The van der Waals surface area contributed by atoms with Gasteiger partial charge in [0.15, 0.2) is 0 Å². The van der Waals surface area contributed by atoms with Crippen molar-refractivity contribution in [2.75, 3.05) is 0 Å². The Morgan fingerprint density at radius 2 is 0.375 bits per heavy atom. The molecule has 0 radical (unpaired) electrons. The van der Waals surface area contributed by atoms with E-state index in [1.54, 1.807) is 0 Å². The third-order valence-corrected chi connectivity index (χ3v) is 0. The van der Waals surface area contributed by atoms with Crippen LogP contribution in [-0.4, -0.2) is 55.4 Å². The van der Waals surface area contributed by atoms with Gasteiger partial charge in [0.1, 0.15) is 0 Å². The molecule has 0 aromatic rings. The second-order valence-corrected chi connectivity index (χ2v) is 2.60. The van der Waals surface area contributed by atoms with E-state index in [-0.39, 0.29) is 81.7 Å². The van der Waals surface area contributed by atoms with Crippen LogP contribution in [0.15, 0.2) is 0 Å². The summed E-state index contributed by atoms with van der Waals surface area (Å²) >= 11 is 0. The normalized spacial score (nSPS) is 5.21. The van der Waals surface area contributed by atoms with E-state index in [1.807, 2.05) is 0 Å². The van der Waals surface area contributed by atoms with E-state index >= 15 is 0 Å². The summed E-state index contributed by atoms with van der Waals surface area (Å²) in [5.41, 5.74) is 0. The average Bonchev–Trinajstić information content (AvgIpc) is 1.94. The minimum absolute atomic E-state index is 0. The number of carboxylic acids is 5. The van der Waals surface area contributed by atoms with E-state index in [0.29, 0.717) is 0 Å². The van der Waals surface area contributed by atoms with Crippen molar-refractivity contribution in [1.82, 2.24) is 0 Å². The maximum absolute atomic E-state index is 9.00. The van der Waals surface area contributed by atoms with Crippen LogP contribution in [0, 0.1) is 0 Å². The summed E-state index contributed by atoms with van der Waals surface area (Å²) in [6.45, 7) is 5.42. The first-order valence-electron chi connectivity index (χ1n) is 4.64. The molecule has 0 heterocycles. The van der Waals surface area contributed by atoms with Crippen LogP contribution in [0.25, 0.3) is 0 Å². The topological polar surface area (TPSA) is 186 Å². The number of carbonyl (C=O) groups is 5. The van der Waals surface area contributed by atoms with E-state index in [1.165, 1.54) is 0 Å². The molecule has 0 atom stereocenters. The zero-order valence-corrected chi connectivity index (χ0v) is 19.3. The Morgan fingerprint density at radius 3 is 0.375 bits per heavy atom. The monoisotopic (exact) mass is 724 g/mol. The van der Waals surface area contributed by atoms with Crippen molar-refractivity contribution in [1.29, 1.82) is 0 Å². The molecule has 0 aromatic carbocycles. The molecule has 0 saturated heterocycles. The molecule has 14 heteroatoms. The van der Waals surface area contributed by atoms with Crippen LogP contribution >= 0.6 is 0 Å². The molecule has 0 aliphatic carbocycles. The van der Waals surface area contributed by atoms with Gasteiger partial charge in [0.05, 0.1) is 0 Å². The van der Waals surface area contributed by atoms with Crippen LogP contribution in [0.1, 0.15) is 34.6 Å². The Hall–Kier alpha value is -0.000649. The molecule has 0 rings (SSSR count). The largest absolute Gasteiger partial charge is 0.481 e. The zero-order chi connectivity index (χ0) is 17.9. The fraction of sp³-hybridized carbons (Fsp3) is 0.500. The molecule has 0 aliphatic heterocycles. The minimum Gasteiger partial charge on any atom is -0.481 e. The van der Waals surface area contributed by atoms with E-state index < -0.39 is 29.8 Å². The summed E-state index contributed by atoms with van der Waals surface area (Å²) in [5, 5.41) is 37.1. The van der Waals surface area contributed by atoms with Crippen LogP contribution < -0.4 is 0 Å². The van der Waals surface area contributed by atoms with Crippen molar-refractivity contribution in [3.05, 3.63) is 0 Å². The van der Waals surface area contributed by atoms with Gasteiger partial charge in [0.2, 0.25) is 0 Å². The number of hydrogen-bond acceptors (Lipinski definition) is 5. The van der Waals surface area contributed by atoms with Crippen LogP contribution in [-0.2, 0) is 106 Å². The van der Waals surface area contributed by atoms with Gasteiger partial charge >= 0.3 is 0 Å². The number of rotatable bonds is 0. The van der Waals surface area contributed by atoms with Gasteiger partial charge in [0, 0.05) is 116 Å². The first-order chi connectivity index (χ1) is 8.66. The van der Waals surface area contributed by atoms with E-state index in [2.05, 4.69) is 0 Å². The number of carboxylic acid groups (broad SMARTS) is 5. The van der Waals surface area contributed by atoms with Crippen LogP contribution in [0.3, 0.4) is 0 Å². The van der Waals surface area contributed by atoms with Gasteiger partial charge in [-0.2, -0.15) is 0 Å². The number of aliphatic carboxylic acids is 5. The van der Waals surface area contributed by atoms with Crippen LogP contribution in [0.5, 0.6) is 0 Å². The Morgan fingerprint density at radius 1 is 0.375 bits per heavy atom. The van der Waals surface area contributed by atoms with Gasteiger partial charge in [-0.1, -0.05) is 0 Å². The van der Waals surface area contributed by atoms with Crippen molar-refractivity contribution < 1.29 is 131 Å². The van der Waals surface area contributed by atoms with Crippen molar-refractivity contribution in [3.8, 4) is 0 Å². The molecule has 5 N–H and O–H groups in total. The van der Waals surface area contributed by atoms with E-state index in [9.17, 15) is 0 Å². The minimum atomic E-state index is -0.833. The first kappa shape index (κ1) is 56.4. The molecule has 160 valence electrons. The van der Waals surface area contributed by atoms with Gasteiger partial charge in [-0.3, -0.25) is 24.0 Å². The second kappa shape index (κ2) is 49.5. The summed E-state index contributed by atoms with van der Waals surface area (Å²) in [6.07, 6.45) is 0. The van der Waals surface area contributed by atoms with Crippen molar-refractivity contribution in [2.24, 2.45) is 0 Å². The van der Waals surface area contributed by atoms with Gasteiger partial charge in [-0.05, 0) is 0 Å². The SMILES string of the molecule is CC(=O)O.CC(=O)O.CC(=O)O.CC(=O)O.CC(=O)O.[Pd].[Pd].[Pd].[Pd]. The smallest absolute Gasteiger partial charge is 0.300 e. The molecule has 0 spiro atoms. The molecule has 0 aliphatic rings. The summed E-state index contributed by atoms with van der Waals surface area (Å²) < 4.78 is 0. The molecular formula is C10H20O10Pd4. The number of hydrogen-bond donors (Lipinski definition) is 5. The fourth-order valence-corrected chi connectivity index (χ4v) is 0. The van der Waals surface area contributed by atoms with Crippen molar-refractivity contribution in [2.45, 2.75) is 34.6 Å². The Bertz CT molecular complexity index is 220. The molecule has 10 nitrogen and oxygen atoms in total. The first-order valence-corrected chi connectivity index (χ1v) is 4.64. The molecule has 0 aromatic heterocycles. The molecule has 0 fully saturated rings. The Labute approximate surface area is 194 Å². The van der Waals surface area contributed by atoms with Gasteiger partial charge < -0.3 is 25.5 Å².